The summed E-state index contributed by atoms with van der Waals surface area (Å²) in [6.07, 6.45) is 11.0. The fourth-order valence-corrected chi connectivity index (χ4v) is 4.17. The number of carbonyl (C=O) groups excluding carboxylic acids is 4. The highest BCUT2D eigenvalue weighted by atomic mass is 16.5. The molecule has 0 saturated carbocycles. The molecule has 0 radical (unpaired) electrons. The third kappa shape index (κ3) is 6.68. The van der Waals surface area contributed by atoms with E-state index in [0.717, 1.165) is 51.4 Å². The molecule has 0 atom stereocenters. The molecule has 8 heteroatoms. The van der Waals surface area contributed by atoms with E-state index in [2.05, 4.69) is 0 Å². The summed E-state index contributed by atoms with van der Waals surface area (Å²) in [6, 6.07) is 0. The highest BCUT2D eigenvalue weighted by molar-refractivity contribution is 6.21. The summed E-state index contributed by atoms with van der Waals surface area (Å²) in [7, 11) is 5.54. The van der Waals surface area contributed by atoms with Crippen LogP contribution in [0.15, 0.2) is 46.3 Å². The van der Waals surface area contributed by atoms with Crippen molar-refractivity contribution in [1.29, 1.82) is 0 Å². The quantitative estimate of drug-likeness (QED) is 0.259. The molecule has 0 spiro atoms. The average molecular weight is 475 g/mol. The van der Waals surface area contributed by atoms with Gasteiger partial charge in [0.1, 0.15) is 0 Å². The highest BCUT2D eigenvalue weighted by Gasteiger charge is 2.30. The second-order valence-electron chi connectivity index (χ2n) is 8.16. The van der Waals surface area contributed by atoms with Crippen molar-refractivity contribution >= 4 is 23.1 Å². The lowest BCUT2D eigenvalue weighted by Crippen LogP contribution is -2.21. The first-order valence-electron chi connectivity index (χ1n) is 11.6. The standard InChI is InChI=1S/C26H34O8/c1-31-21-15-19(27)25(33-3)17(23(21)29)13-11-9-7-5-6-8-10-12-14-18-24(30)22(32-2)16-20(28)26(18)34-4/h15-16H,5-14H2,1-4H3. The molecule has 8 nitrogen and oxygen atoms in total. The van der Waals surface area contributed by atoms with Gasteiger partial charge in [-0.2, -0.15) is 0 Å². The molecule has 0 N–H and O–H groups in total. The van der Waals surface area contributed by atoms with E-state index in [-0.39, 0.29) is 46.2 Å². The lowest BCUT2D eigenvalue weighted by Gasteiger charge is -2.17. The molecular weight excluding hydrogens is 440 g/mol. The van der Waals surface area contributed by atoms with E-state index in [1.807, 2.05) is 0 Å². The zero-order chi connectivity index (χ0) is 25.1. The Morgan fingerprint density at radius 2 is 0.824 bits per heavy atom. The average Bonchev–Trinajstić information content (AvgIpc) is 2.83. The van der Waals surface area contributed by atoms with Crippen LogP contribution in [0.25, 0.3) is 0 Å². The summed E-state index contributed by atoms with van der Waals surface area (Å²) < 4.78 is 20.3. The largest absolute Gasteiger partial charge is 0.493 e. The van der Waals surface area contributed by atoms with Gasteiger partial charge in [0, 0.05) is 23.3 Å². The van der Waals surface area contributed by atoms with Crippen molar-refractivity contribution in [3.63, 3.8) is 0 Å². The van der Waals surface area contributed by atoms with Gasteiger partial charge >= 0.3 is 0 Å². The lowest BCUT2D eigenvalue weighted by atomic mass is 9.94. The number of hydrogen-bond acceptors (Lipinski definition) is 8. The first-order chi connectivity index (χ1) is 16.4. The summed E-state index contributed by atoms with van der Waals surface area (Å²) in [5, 5.41) is 0. The summed E-state index contributed by atoms with van der Waals surface area (Å²) in [6.45, 7) is 0. The third-order valence-corrected chi connectivity index (χ3v) is 5.97. The van der Waals surface area contributed by atoms with Crippen LogP contribution in [0.4, 0.5) is 0 Å². The minimum Gasteiger partial charge on any atom is -0.493 e. The van der Waals surface area contributed by atoms with Crippen LogP contribution < -0.4 is 0 Å². The fraction of sp³-hybridized carbons (Fsp3) is 0.538. The van der Waals surface area contributed by atoms with Crippen LogP contribution in [0.2, 0.25) is 0 Å². The van der Waals surface area contributed by atoms with Gasteiger partial charge < -0.3 is 18.9 Å². The van der Waals surface area contributed by atoms with Crippen molar-refractivity contribution in [2.75, 3.05) is 28.4 Å². The molecule has 0 fully saturated rings. The number of Topliss-reactive ketones (excluding diaryl/α,β-unsaturated/α-hetero) is 2. The number of ketones is 4. The molecule has 0 aromatic carbocycles. The van der Waals surface area contributed by atoms with Crippen LogP contribution in [0.5, 0.6) is 0 Å². The Kier molecular flexibility index (Phi) is 10.8. The van der Waals surface area contributed by atoms with Gasteiger partial charge in [0.15, 0.2) is 23.0 Å². The van der Waals surface area contributed by atoms with Crippen LogP contribution in [-0.4, -0.2) is 51.6 Å². The number of ether oxygens (including phenoxy) is 4. The van der Waals surface area contributed by atoms with Crippen molar-refractivity contribution in [3.05, 3.63) is 46.3 Å². The Bertz CT molecular complexity index is 856. The lowest BCUT2D eigenvalue weighted by molar-refractivity contribution is -0.120. The van der Waals surface area contributed by atoms with E-state index in [4.69, 9.17) is 18.9 Å². The van der Waals surface area contributed by atoms with Crippen LogP contribution in [0.3, 0.4) is 0 Å². The van der Waals surface area contributed by atoms with Crippen molar-refractivity contribution in [1.82, 2.24) is 0 Å². The molecular formula is C26H34O8. The molecule has 34 heavy (non-hydrogen) atoms. The minimum absolute atomic E-state index is 0.0583. The molecule has 0 heterocycles. The van der Waals surface area contributed by atoms with Gasteiger partial charge in [-0.15, -0.1) is 0 Å². The van der Waals surface area contributed by atoms with Crippen molar-refractivity contribution < 1.29 is 38.1 Å². The van der Waals surface area contributed by atoms with Crippen molar-refractivity contribution in [2.24, 2.45) is 0 Å². The molecule has 0 unspecified atom stereocenters. The fourth-order valence-electron chi connectivity index (χ4n) is 4.17. The van der Waals surface area contributed by atoms with Gasteiger partial charge in [0.05, 0.1) is 28.4 Å². The Balaban J connectivity index is 1.65. The van der Waals surface area contributed by atoms with Gasteiger partial charge in [0.25, 0.3) is 0 Å². The summed E-state index contributed by atoms with van der Waals surface area (Å²) >= 11 is 0. The van der Waals surface area contributed by atoms with Crippen LogP contribution in [-0.2, 0) is 38.1 Å². The van der Waals surface area contributed by atoms with Gasteiger partial charge in [-0.1, -0.05) is 38.5 Å². The Morgan fingerprint density at radius 1 is 0.500 bits per heavy atom. The SMILES string of the molecule is COC1=CC(=O)C(OC)=C(CCCCCCCCCCC2=C(OC)C(=O)C=C(OC)C2=O)C1=O. The number of methoxy groups -OCH3 is 4. The summed E-state index contributed by atoms with van der Waals surface area (Å²) in [5.74, 6) is -0.889. The highest BCUT2D eigenvalue weighted by Crippen LogP contribution is 2.26. The number of rotatable bonds is 15. The van der Waals surface area contributed by atoms with E-state index >= 15 is 0 Å². The van der Waals surface area contributed by atoms with Gasteiger partial charge in [-0.25, -0.2) is 0 Å². The number of allylic oxidation sites excluding steroid dienone is 4. The second kappa shape index (κ2) is 13.5. The van der Waals surface area contributed by atoms with Crippen molar-refractivity contribution in [3.8, 4) is 0 Å². The molecule has 0 aromatic rings. The Hall–Kier alpha value is -3.16. The van der Waals surface area contributed by atoms with Gasteiger partial charge in [0.2, 0.25) is 23.1 Å². The zero-order valence-corrected chi connectivity index (χ0v) is 20.5. The van der Waals surface area contributed by atoms with E-state index in [1.54, 1.807) is 0 Å². The maximum absolute atomic E-state index is 12.4. The monoisotopic (exact) mass is 474 g/mol. The van der Waals surface area contributed by atoms with Gasteiger partial charge in [-0.3, -0.25) is 19.2 Å². The molecule has 2 rings (SSSR count). The summed E-state index contributed by atoms with van der Waals surface area (Å²) in [4.78, 5) is 49.0. The third-order valence-electron chi connectivity index (χ3n) is 5.97. The smallest absolute Gasteiger partial charge is 0.227 e. The minimum atomic E-state index is -0.337. The first kappa shape index (κ1) is 27.1. The van der Waals surface area contributed by atoms with Gasteiger partial charge in [-0.05, 0) is 25.7 Å². The Morgan fingerprint density at radius 3 is 1.12 bits per heavy atom. The predicted octanol–water partition coefficient (Wildman–Crippen LogP) is 4.05. The van der Waals surface area contributed by atoms with E-state index < -0.39 is 0 Å². The second-order valence-corrected chi connectivity index (χ2v) is 8.16. The van der Waals surface area contributed by atoms with Crippen LogP contribution in [0, 0.1) is 0 Å². The Labute approximate surface area is 200 Å². The molecule has 0 aliphatic heterocycles. The zero-order valence-electron chi connectivity index (χ0n) is 20.5. The first-order valence-corrected chi connectivity index (χ1v) is 11.6. The van der Waals surface area contributed by atoms with Crippen LogP contribution in [0.1, 0.15) is 64.2 Å². The predicted molar refractivity (Wildman–Crippen MR) is 124 cm³/mol. The molecule has 2 aliphatic rings. The molecule has 2 aliphatic carbocycles. The maximum atomic E-state index is 12.4. The topological polar surface area (TPSA) is 105 Å². The number of unbranched alkanes of at least 4 members (excludes halogenated alkanes) is 7. The van der Waals surface area contributed by atoms with E-state index in [9.17, 15) is 19.2 Å². The van der Waals surface area contributed by atoms with E-state index in [0.29, 0.717) is 24.0 Å². The van der Waals surface area contributed by atoms with Crippen molar-refractivity contribution in [2.45, 2.75) is 64.2 Å². The summed E-state index contributed by atoms with van der Waals surface area (Å²) in [5.41, 5.74) is 0.776. The molecule has 0 bridgehead atoms. The molecule has 0 aromatic heterocycles. The number of hydrogen-bond donors (Lipinski definition) is 0. The molecule has 0 amide bonds. The molecule has 0 saturated heterocycles. The maximum Gasteiger partial charge on any atom is 0.227 e. The molecule has 186 valence electrons. The van der Waals surface area contributed by atoms with E-state index in [1.165, 1.54) is 40.6 Å². The van der Waals surface area contributed by atoms with Crippen LogP contribution >= 0.6 is 0 Å². The number of carbonyl (C=O) groups is 4. The normalized spacial score (nSPS) is 16.6.